The van der Waals surface area contributed by atoms with Crippen LogP contribution in [0.2, 0.25) is 0 Å². The summed E-state index contributed by atoms with van der Waals surface area (Å²) in [7, 11) is 1.24. The lowest BCUT2D eigenvalue weighted by molar-refractivity contribution is -0.116. The molecule has 0 radical (unpaired) electrons. The molecule has 0 saturated heterocycles. The Morgan fingerprint density at radius 2 is 2.20 bits per heavy atom. The van der Waals surface area contributed by atoms with Gasteiger partial charge in [-0.15, -0.1) is 0 Å². The van der Waals surface area contributed by atoms with Gasteiger partial charge in [0.15, 0.2) is 23.6 Å². The average molecular weight is 344 g/mol. The Labute approximate surface area is 143 Å². The SMILES string of the molecule is COC(=O)c1ncoc1CCC(=O)Nc1cccc2c1OCCC2=O. The minimum absolute atomic E-state index is 0.0123. The minimum Gasteiger partial charge on any atom is -0.490 e. The van der Waals surface area contributed by atoms with Gasteiger partial charge in [-0.3, -0.25) is 9.59 Å². The third-order valence-electron chi connectivity index (χ3n) is 3.76. The monoisotopic (exact) mass is 344 g/mol. The molecular formula is C17H16N2O6. The number of oxazole rings is 1. The molecule has 1 aromatic carbocycles. The number of fused-ring (bicyclic) bond motifs is 1. The van der Waals surface area contributed by atoms with E-state index in [0.717, 1.165) is 6.39 Å². The zero-order valence-corrected chi connectivity index (χ0v) is 13.5. The summed E-state index contributed by atoms with van der Waals surface area (Å²) in [6.07, 6.45) is 1.71. The van der Waals surface area contributed by atoms with Gasteiger partial charge in [0, 0.05) is 19.3 Å². The standard InChI is InChI=1S/C17H16N2O6/c1-23-17(22)15-13(25-9-18-15)5-6-14(21)19-11-4-2-3-10-12(20)7-8-24-16(10)11/h2-4,9H,5-8H2,1H3,(H,19,21). The molecule has 1 aromatic heterocycles. The summed E-state index contributed by atoms with van der Waals surface area (Å²) in [6.45, 7) is 0.291. The van der Waals surface area contributed by atoms with Gasteiger partial charge in [0.2, 0.25) is 5.91 Å². The fraction of sp³-hybridized carbons (Fsp3) is 0.294. The van der Waals surface area contributed by atoms with Gasteiger partial charge in [-0.25, -0.2) is 9.78 Å². The molecule has 1 N–H and O–H groups in total. The van der Waals surface area contributed by atoms with Crippen LogP contribution in [0.1, 0.15) is 39.4 Å². The molecule has 1 amide bonds. The van der Waals surface area contributed by atoms with Crippen LogP contribution in [0.25, 0.3) is 0 Å². The summed E-state index contributed by atoms with van der Waals surface area (Å²) in [4.78, 5) is 39.4. The van der Waals surface area contributed by atoms with Crippen LogP contribution >= 0.6 is 0 Å². The summed E-state index contributed by atoms with van der Waals surface area (Å²) in [5.74, 6) is -0.261. The van der Waals surface area contributed by atoms with E-state index in [1.807, 2.05) is 0 Å². The molecule has 1 aliphatic heterocycles. The first-order chi connectivity index (χ1) is 12.1. The number of methoxy groups -OCH3 is 1. The molecule has 8 heteroatoms. The number of carbonyl (C=O) groups is 3. The van der Waals surface area contributed by atoms with Crippen molar-refractivity contribution in [2.45, 2.75) is 19.3 Å². The first-order valence-electron chi connectivity index (χ1n) is 7.69. The highest BCUT2D eigenvalue weighted by Crippen LogP contribution is 2.33. The second-order valence-electron chi connectivity index (χ2n) is 5.37. The van der Waals surface area contributed by atoms with Crippen LogP contribution in [0.3, 0.4) is 0 Å². The van der Waals surface area contributed by atoms with E-state index in [0.29, 0.717) is 30.0 Å². The molecule has 8 nitrogen and oxygen atoms in total. The molecule has 0 unspecified atom stereocenters. The number of para-hydroxylation sites is 1. The van der Waals surface area contributed by atoms with Crippen LogP contribution in [0.4, 0.5) is 5.69 Å². The molecule has 3 rings (SSSR count). The molecule has 0 aliphatic carbocycles. The molecule has 0 atom stereocenters. The molecule has 0 fully saturated rings. The number of aryl methyl sites for hydroxylation is 1. The predicted octanol–water partition coefficient (Wildman–Crippen LogP) is 2.00. The van der Waals surface area contributed by atoms with E-state index in [9.17, 15) is 14.4 Å². The topological polar surface area (TPSA) is 108 Å². The Bertz CT molecular complexity index is 826. The summed E-state index contributed by atoms with van der Waals surface area (Å²) >= 11 is 0. The van der Waals surface area contributed by atoms with Crippen LogP contribution in [-0.2, 0) is 16.0 Å². The number of Topliss-reactive ketones (excluding diaryl/α,β-unsaturated/α-hetero) is 1. The zero-order valence-electron chi connectivity index (χ0n) is 13.5. The number of esters is 1. The number of amides is 1. The maximum Gasteiger partial charge on any atom is 0.360 e. The predicted molar refractivity (Wildman–Crippen MR) is 85.7 cm³/mol. The molecule has 1 aliphatic rings. The zero-order chi connectivity index (χ0) is 17.8. The van der Waals surface area contributed by atoms with Gasteiger partial charge in [0.25, 0.3) is 0 Å². The van der Waals surface area contributed by atoms with Crippen molar-refractivity contribution < 1.29 is 28.3 Å². The number of aromatic nitrogens is 1. The fourth-order valence-electron chi connectivity index (χ4n) is 2.54. The fourth-order valence-corrected chi connectivity index (χ4v) is 2.54. The van der Waals surface area contributed by atoms with Gasteiger partial charge < -0.3 is 19.2 Å². The van der Waals surface area contributed by atoms with Crippen LogP contribution in [0.5, 0.6) is 5.75 Å². The lowest BCUT2D eigenvalue weighted by atomic mass is 10.0. The van der Waals surface area contributed by atoms with E-state index >= 15 is 0 Å². The Kier molecular flexibility index (Phi) is 4.78. The Balaban J connectivity index is 1.66. The second-order valence-corrected chi connectivity index (χ2v) is 5.37. The Morgan fingerprint density at radius 1 is 1.36 bits per heavy atom. The highest BCUT2D eigenvalue weighted by atomic mass is 16.5. The lowest BCUT2D eigenvalue weighted by Crippen LogP contribution is -2.19. The average Bonchev–Trinajstić information content (AvgIpc) is 3.09. The Hall–Kier alpha value is -3.16. The molecule has 0 saturated carbocycles. The number of ether oxygens (including phenoxy) is 2. The Morgan fingerprint density at radius 3 is 3.00 bits per heavy atom. The van der Waals surface area contributed by atoms with Crippen molar-refractivity contribution in [3.8, 4) is 5.75 Å². The van der Waals surface area contributed by atoms with Gasteiger partial charge >= 0.3 is 5.97 Å². The molecule has 2 aromatic rings. The number of carbonyl (C=O) groups excluding carboxylic acids is 3. The van der Waals surface area contributed by atoms with E-state index < -0.39 is 5.97 Å². The van der Waals surface area contributed by atoms with Crippen molar-refractivity contribution in [3.63, 3.8) is 0 Å². The van der Waals surface area contributed by atoms with E-state index in [4.69, 9.17) is 9.15 Å². The number of benzene rings is 1. The number of hydrogen-bond acceptors (Lipinski definition) is 7. The van der Waals surface area contributed by atoms with Crippen LogP contribution in [0, 0.1) is 0 Å². The molecular weight excluding hydrogens is 328 g/mol. The molecule has 2 heterocycles. The number of rotatable bonds is 5. The largest absolute Gasteiger partial charge is 0.490 e. The number of nitrogens with zero attached hydrogens (tertiary/aromatic N) is 1. The smallest absolute Gasteiger partial charge is 0.360 e. The van der Waals surface area contributed by atoms with Gasteiger partial charge in [-0.2, -0.15) is 0 Å². The highest BCUT2D eigenvalue weighted by molar-refractivity contribution is 6.03. The third-order valence-corrected chi connectivity index (χ3v) is 3.76. The summed E-state index contributed by atoms with van der Waals surface area (Å²) < 4.78 is 15.2. The maximum absolute atomic E-state index is 12.2. The van der Waals surface area contributed by atoms with E-state index in [1.165, 1.54) is 7.11 Å². The van der Waals surface area contributed by atoms with E-state index in [-0.39, 0.29) is 36.0 Å². The number of nitrogens with one attached hydrogen (secondary N) is 1. The molecule has 25 heavy (non-hydrogen) atoms. The van der Waals surface area contributed by atoms with Gasteiger partial charge in [-0.05, 0) is 12.1 Å². The van der Waals surface area contributed by atoms with Gasteiger partial charge in [0.05, 0.1) is 25.0 Å². The first-order valence-corrected chi connectivity index (χ1v) is 7.69. The molecule has 0 spiro atoms. The first kappa shape index (κ1) is 16.7. The van der Waals surface area contributed by atoms with E-state index in [1.54, 1.807) is 18.2 Å². The second kappa shape index (κ2) is 7.16. The van der Waals surface area contributed by atoms with E-state index in [2.05, 4.69) is 15.0 Å². The van der Waals surface area contributed by atoms with Gasteiger partial charge in [0.1, 0.15) is 5.76 Å². The van der Waals surface area contributed by atoms with Crippen LogP contribution in [-0.4, -0.2) is 36.4 Å². The van der Waals surface area contributed by atoms with Gasteiger partial charge in [-0.1, -0.05) is 6.07 Å². The van der Waals surface area contributed by atoms with Crippen LogP contribution in [0.15, 0.2) is 29.0 Å². The summed E-state index contributed by atoms with van der Waals surface area (Å²) in [6, 6.07) is 5.03. The molecule has 130 valence electrons. The van der Waals surface area contributed by atoms with Crippen molar-refractivity contribution in [2.24, 2.45) is 0 Å². The molecule has 0 bridgehead atoms. The number of anilines is 1. The lowest BCUT2D eigenvalue weighted by Gasteiger charge is -2.19. The quantitative estimate of drug-likeness (QED) is 0.826. The van der Waals surface area contributed by atoms with Crippen molar-refractivity contribution in [2.75, 3.05) is 19.0 Å². The van der Waals surface area contributed by atoms with Crippen LogP contribution < -0.4 is 10.1 Å². The number of hydrogen-bond donors (Lipinski definition) is 1. The summed E-state index contributed by atoms with van der Waals surface area (Å²) in [5.41, 5.74) is 0.967. The highest BCUT2D eigenvalue weighted by Gasteiger charge is 2.22. The minimum atomic E-state index is -0.617. The van der Waals surface area contributed by atoms with Crippen molar-refractivity contribution in [1.82, 2.24) is 4.98 Å². The third kappa shape index (κ3) is 3.52. The van der Waals surface area contributed by atoms with Crippen molar-refractivity contribution in [3.05, 3.63) is 41.6 Å². The number of ketones is 1. The van der Waals surface area contributed by atoms with Crippen molar-refractivity contribution >= 4 is 23.3 Å². The summed E-state index contributed by atoms with van der Waals surface area (Å²) in [5, 5.41) is 2.72. The maximum atomic E-state index is 12.2. The normalized spacial score (nSPS) is 12.9. The van der Waals surface area contributed by atoms with Crippen molar-refractivity contribution in [1.29, 1.82) is 0 Å².